The molecule has 1 aliphatic heterocycles. The quantitative estimate of drug-likeness (QED) is 0.222. The zero-order chi connectivity index (χ0) is 22.7. The Morgan fingerprint density at radius 2 is 1.69 bits per heavy atom. The van der Waals surface area contributed by atoms with E-state index in [0.717, 1.165) is 14.5 Å². The van der Waals surface area contributed by atoms with Crippen molar-refractivity contribution in [2.75, 3.05) is 7.11 Å². The smallest absolute Gasteiger partial charge is 0.363 e. The van der Waals surface area contributed by atoms with Crippen LogP contribution in [0.4, 0.5) is 0 Å². The van der Waals surface area contributed by atoms with Gasteiger partial charge in [-0.3, -0.25) is 0 Å². The van der Waals surface area contributed by atoms with Crippen molar-refractivity contribution >= 4 is 65.7 Å². The van der Waals surface area contributed by atoms with Crippen LogP contribution in [0.1, 0.15) is 16.7 Å². The van der Waals surface area contributed by atoms with Crippen molar-refractivity contribution in [3.63, 3.8) is 0 Å². The number of ether oxygens (including phenoxy) is 3. The first-order valence-corrected chi connectivity index (χ1v) is 11.9. The Hall–Kier alpha value is -2.42. The monoisotopic (exact) mass is 619 g/mol. The van der Waals surface area contributed by atoms with Crippen molar-refractivity contribution in [3.05, 3.63) is 96.5 Å². The number of halogens is 3. The van der Waals surface area contributed by atoms with Crippen LogP contribution in [0.25, 0.3) is 6.08 Å². The third kappa shape index (κ3) is 4.98. The molecule has 32 heavy (non-hydrogen) atoms. The van der Waals surface area contributed by atoms with E-state index in [2.05, 4.69) is 52.8 Å². The van der Waals surface area contributed by atoms with Crippen LogP contribution in [0.3, 0.4) is 0 Å². The van der Waals surface area contributed by atoms with Crippen molar-refractivity contribution in [2.24, 2.45) is 4.99 Å². The van der Waals surface area contributed by atoms with E-state index in [1.54, 1.807) is 19.3 Å². The molecule has 0 aliphatic carbocycles. The van der Waals surface area contributed by atoms with Crippen molar-refractivity contribution in [1.82, 2.24) is 0 Å². The third-order valence-corrected chi connectivity index (χ3v) is 6.66. The maximum absolute atomic E-state index is 12.4. The topological polar surface area (TPSA) is 57.1 Å². The molecule has 0 bridgehead atoms. The van der Waals surface area contributed by atoms with Gasteiger partial charge in [0, 0.05) is 14.5 Å². The summed E-state index contributed by atoms with van der Waals surface area (Å²) in [5.74, 6) is 0.838. The van der Waals surface area contributed by atoms with Crippen molar-refractivity contribution in [2.45, 2.75) is 6.61 Å². The highest BCUT2D eigenvalue weighted by Crippen LogP contribution is 2.38. The Morgan fingerprint density at radius 1 is 0.969 bits per heavy atom. The Bertz CT molecular complexity index is 1250. The summed E-state index contributed by atoms with van der Waals surface area (Å²) in [7, 11) is 1.57. The lowest BCUT2D eigenvalue weighted by Gasteiger charge is -2.14. The lowest BCUT2D eigenvalue weighted by atomic mass is 10.1. The number of carbonyl (C=O) groups is 1. The predicted molar refractivity (Wildman–Crippen MR) is 134 cm³/mol. The fraction of sp³-hybridized carbons (Fsp3) is 0.0833. The average molecular weight is 622 g/mol. The number of hydrogen-bond donors (Lipinski definition) is 0. The highest BCUT2D eigenvalue weighted by molar-refractivity contribution is 9.11. The van der Waals surface area contributed by atoms with E-state index in [0.29, 0.717) is 33.7 Å². The summed E-state index contributed by atoms with van der Waals surface area (Å²) in [4.78, 5) is 16.8. The van der Waals surface area contributed by atoms with Crippen molar-refractivity contribution < 1.29 is 19.0 Å². The molecule has 162 valence electrons. The number of carbonyl (C=O) groups excluding carboxylic acids is 1. The van der Waals surface area contributed by atoms with Gasteiger partial charge in [-0.1, -0.05) is 46.3 Å². The molecule has 3 aromatic rings. The summed E-state index contributed by atoms with van der Waals surface area (Å²) in [6, 6.07) is 18.9. The van der Waals surface area contributed by atoms with E-state index < -0.39 is 5.97 Å². The van der Waals surface area contributed by atoms with E-state index in [1.165, 1.54) is 0 Å². The first kappa shape index (κ1) is 22.8. The van der Waals surface area contributed by atoms with Gasteiger partial charge < -0.3 is 14.2 Å². The first-order valence-electron chi connectivity index (χ1n) is 9.47. The third-order valence-electron chi connectivity index (χ3n) is 4.61. The second kappa shape index (κ2) is 10.0. The number of esters is 1. The van der Waals surface area contributed by atoms with Gasteiger partial charge in [0.2, 0.25) is 5.90 Å². The van der Waals surface area contributed by atoms with E-state index in [1.807, 2.05) is 54.6 Å². The summed E-state index contributed by atoms with van der Waals surface area (Å²) in [6.07, 6.45) is 1.65. The van der Waals surface area contributed by atoms with Gasteiger partial charge in [0.1, 0.15) is 6.61 Å². The van der Waals surface area contributed by atoms with Crippen molar-refractivity contribution in [3.8, 4) is 11.5 Å². The number of hydrogen-bond acceptors (Lipinski definition) is 5. The Morgan fingerprint density at radius 3 is 2.41 bits per heavy atom. The molecule has 1 aliphatic rings. The SMILES string of the molecule is COc1cc(/C=C2\N=C(c3ccccc3Br)OC2=O)cc(Br)c1OCc1ccccc1Br. The molecule has 5 nitrogen and oxygen atoms in total. The number of aliphatic imine (C=N–C) groups is 1. The number of cyclic esters (lactones) is 1. The lowest BCUT2D eigenvalue weighted by Crippen LogP contribution is -2.05. The van der Waals surface area contributed by atoms with Crippen LogP contribution in [0.15, 0.2) is 84.8 Å². The van der Waals surface area contributed by atoms with Crippen LogP contribution < -0.4 is 9.47 Å². The van der Waals surface area contributed by atoms with Gasteiger partial charge in [0.15, 0.2) is 17.2 Å². The molecule has 3 aromatic carbocycles. The van der Waals surface area contributed by atoms with Gasteiger partial charge >= 0.3 is 5.97 Å². The molecule has 1 heterocycles. The van der Waals surface area contributed by atoms with Gasteiger partial charge in [0.05, 0.1) is 17.1 Å². The fourth-order valence-corrected chi connectivity index (χ4v) is 4.47. The Balaban J connectivity index is 1.61. The van der Waals surface area contributed by atoms with Gasteiger partial charge in [-0.2, -0.15) is 0 Å². The maximum Gasteiger partial charge on any atom is 0.363 e. The van der Waals surface area contributed by atoms with Crippen LogP contribution in [-0.4, -0.2) is 19.0 Å². The first-order chi connectivity index (χ1) is 15.5. The highest BCUT2D eigenvalue weighted by atomic mass is 79.9. The second-order valence-electron chi connectivity index (χ2n) is 6.73. The number of rotatable bonds is 6. The fourth-order valence-electron chi connectivity index (χ4n) is 3.05. The van der Waals surface area contributed by atoms with Crippen LogP contribution in [0.5, 0.6) is 11.5 Å². The lowest BCUT2D eigenvalue weighted by molar-refractivity contribution is -0.129. The van der Waals surface area contributed by atoms with E-state index >= 15 is 0 Å². The molecular formula is C24H16Br3NO4. The molecule has 0 amide bonds. The number of benzene rings is 3. The van der Waals surface area contributed by atoms with Crippen molar-refractivity contribution in [1.29, 1.82) is 0 Å². The van der Waals surface area contributed by atoms with Gasteiger partial charge in [0.25, 0.3) is 0 Å². The van der Waals surface area contributed by atoms with Crippen LogP contribution >= 0.6 is 47.8 Å². The van der Waals surface area contributed by atoms with Gasteiger partial charge in [-0.15, -0.1) is 0 Å². The van der Waals surface area contributed by atoms with Crippen LogP contribution in [0.2, 0.25) is 0 Å². The molecule has 0 saturated heterocycles. The number of methoxy groups -OCH3 is 1. The summed E-state index contributed by atoms with van der Waals surface area (Å²) < 4.78 is 19.4. The molecule has 0 atom stereocenters. The van der Waals surface area contributed by atoms with E-state index in [-0.39, 0.29) is 11.6 Å². The zero-order valence-corrected chi connectivity index (χ0v) is 21.5. The normalized spacial score (nSPS) is 14.3. The summed E-state index contributed by atoms with van der Waals surface area (Å²) in [6.45, 7) is 0.364. The van der Waals surface area contributed by atoms with Crippen LogP contribution in [-0.2, 0) is 16.1 Å². The average Bonchev–Trinajstić information content (AvgIpc) is 3.14. The van der Waals surface area contributed by atoms with E-state index in [9.17, 15) is 4.79 Å². The molecule has 0 fully saturated rings. The summed E-state index contributed by atoms with van der Waals surface area (Å²) in [5.41, 5.74) is 2.63. The molecule has 0 spiro atoms. The number of nitrogens with zero attached hydrogens (tertiary/aromatic N) is 1. The van der Waals surface area contributed by atoms with Gasteiger partial charge in [-0.05, 0) is 73.8 Å². The van der Waals surface area contributed by atoms with Gasteiger partial charge in [-0.25, -0.2) is 9.79 Å². The molecule has 0 N–H and O–H groups in total. The molecule has 0 radical (unpaired) electrons. The summed E-state index contributed by atoms with van der Waals surface area (Å²) in [5, 5.41) is 0. The Labute approximate surface area is 210 Å². The standard InChI is InChI=1S/C24H16Br3NO4/c1-30-21-12-14(10-19(27)22(21)31-13-15-6-2-4-8-17(15)25)11-20-24(29)32-23(28-20)16-7-3-5-9-18(16)26/h2-12H,13H2,1H3/b20-11-. The molecule has 4 rings (SSSR count). The predicted octanol–water partition coefficient (Wildman–Crippen LogP) is 6.91. The zero-order valence-electron chi connectivity index (χ0n) is 16.8. The van der Waals surface area contributed by atoms with E-state index in [4.69, 9.17) is 14.2 Å². The summed E-state index contributed by atoms with van der Waals surface area (Å²) >= 11 is 10.5. The molecule has 0 aromatic heterocycles. The minimum absolute atomic E-state index is 0.201. The Kier molecular flexibility index (Phi) is 7.13. The molecule has 0 unspecified atom stereocenters. The highest BCUT2D eigenvalue weighted by Gasteiger charge is 2.25. The molecule has 8 heteroatoms. The minimum atomic E-state index is -0.514. The van der Waals surface area contributed by atoms with Crippen LogP contribution in [0, 0.1) is 0 Å². The largest absolute Gasteiger partial charge is 0.493 e. The molecule has 0 saturated carbocycles. The second-order valence-corrected chi connectivity index (χ2v) is 9.29. The maximum atomic E-state index is 12.4. The molecular weight excluding hydrogens is 606 g/mol. The minimum Gasteiger partial charge on any atom is -0.493 e.